The second-order valence-electron chi connectivity index (χ2n) is 9.00. The first kappa shape index (κ1) is 22.0. The van der Waals surface area contributed by atoms with E-state index in [0.29, 0.717) is 17.9 Å². The largest absolute Gasteiger partial charge is 0.496 e. The molecule has 0 unspecified atom stereocenters. The summed E-state index contributed by atoms with van der Waals surface area (Å²) < 4.78 is 5.72. The summed E-state index contributed by atoms with van der Waals surface area (Å²) in [4.78, 5) is 16.4. The lowest BCUT2D eigenvalue weighted by Gasteiger charge is -2.31. The maximum absolute atomic E-state index is 14.4. The van der Waals surface area contributed by atoms with E-state index in [1.54, 1.807) is 7.11 Å². The van der Waals surface area contributed by atoms with Crippen LogP contribution in [0.3, 0.4) is 0 Å². The number of hydrogen-bond acceptors (Lipinski definition) is 2. The van der Waals surface area contributed by atoms with Gasteiger partial charge in [0.25, 0.3) is 5.91 Å². The normalized spacial score (nSPS) is 12.9. The first-order chi connectivity index (χ1) is 16.6. The minimum atomic E-state index is 0.00897. The first-order valence-corrected chi connectivity index (χ1v) is 11.8. The molecule has 3 heteroatoms. The predicted molar refractivity (Wildman–Crippen MR) is 137 cm³/mol. The maximum Gasteiger partial charge on any atom is 0.258 e. The fourth-order valence-electron chi connectivity index (χ4n) is 4.94. The first-order valence-electron chi connectivity index (χ1n) is 11.8. The lowest BCUT2D eigenvalue weighted by Crippen LogP contribution is -2.40. The van der Waals surface area contributed by atoms with Crippen LogP contribution < -0.4 is 4.74 Å². The van der Waals surface area contributed by atoms with E-state index < -0.39 is 0 Å². The number of carbonyl (C=O) groups is 1. The number of methoxy groups -OCH3 is 1. The summed E-state index contributed by atoms with van der Waals surface area (Å²) in [5, 5.41) is 0. The number of benzene rings is 4. The van der Waals surface area contributed by atoms with E-state index in [1.807, 2.05) is 48.5 Å². The molecule has 0 aromatic heterocycles. The van der Waals surface area contributed by atoms with Crippen molar-refractivity contribution in [2.75, 3.05) is 7.11 Å². The minimum Gasteiger partial charge on any atom is -0.496 e. The molecular formula is C31H29NO2. The fraction of sp³-hybridized carbons (Fsp3) is 0.194. The van der Waals surface area contributed by atoms with E-state index >= 15 is 0 Å². The number of aryl methyl sites for hydroxylation is 1. The number of carbonyl (C=O) groups excluding carboxylic acids is 1. The molecule has 5 rings (SSSR count). The van der Waals surface area contributed by atoms with Crippen molar-refractivity contribution in [3.05, 3.63) is 125 Å². The molecule has 4 aromatic rings. The van der Waals surface area contributed by atoms with Crippen molar-refractivity contribution in [3.8, 4) is 16.9 Å². The zero-order valence-corrected chi connectivity index (χ0v) is 19.7. The molecule has 0 fully saturated rings. The van der Waals surface area contributed by atoms with Gasteiger partial charge in [-0.25, -0.2) is 0 Å². The van der Waals surface area contributed by atoms with Crippen LogP contribution in [0.2, 0.25) is 0 Å². The zero-order chi connectivity index (χ0) is 23.5. The van der Waals surface area contributed by atoms with Crippen molar-refractivity contribution in [2.45, 2.75) is 32.4 Å². The molecule has 0 spiro atoms. The third-order valence-electron chi connectivity index (χ3n) is 6.75. The highest BCUT2D eigenvalue weighted by atomic mass is 16.5. The molecule has 1 amide bonds. The van der Waals surface area contributed by atoms with E-state index in [-0.39, 0.29) is 11.9 Å². The Labute approximate surface area is 201 Å². The van der Waals surface area contributed by atoms with Crippen LogP contribution in [0.4, 0.5) is 0 Å². The highest BCUT2D eigenvalue weighted by molar-refractivity contribution is 6.03. The summed E-state index contributed by atoms with van der Waals surface area (Å²) in [6.07, 6.45) is 1.73. The maximum atomic E-state index is 14.4. The summed E-state index contributed by atoms with van der Waals surface area (Å²) in [7, 11) is 1.64. The number of rotatable bonds is 6. The average molecular weight is 448 g/mol. The summed E-state index contributed by atoms with van der Waals surface area (Å²) in [5.74, 6) is 0.616. The van der Waals surface area contributed by atoms with Crippen LogP contribution in [0.5, 0.6) is 5.75 Å². The molecule has 1 aliphatic rings. The Kier molecular flexibility index (Phi) is 6.18. The summed E-state index contributed by atoms with van der Waals surface area (Å²) in [5.41, 5.74) is 7.54. The average Bonchev–Trinajstić information content (AvgIpc) is 3.32. The Morgan fingerprint density at radius 1 is 0.824 bits per heavy atom. The molecule has 170 valence electrons. The van der Waals surface area contributed by atoms with Gasteiger partial charge >= 0.3 is 0 Å². The smallest absolute Gasteiger partial charge is 0.258 e. The molecule has 0 radical (unpaired) electrons. The number of ether oxygens (including phenoxy) is 1. The van der Waals surface area contributed by atoms with Gasteiger partial charge in [-0.3, -0.25) is 4.79 Å². The monoisotopic (exact) mass is 447 g/mol. The van der Waals surface area contributed by atoms with Crippen LogP contribution in [-0.4, -0.2) is 24.0 Å². The van der Waals surface area contributed by atoms with Crippen LogP contribution in [0, 0.1) is 6.92 Å². The van der Waals surface area contributed by atoms with Crippen molar-refractivity contribution in [2.24, 2.45) is 0 Å². The molecule has 0 bridgehead atoms. The van der Waals surface area contributed by atoms with E-state index in [4.69, 9.17) is 4.74 Å². The van der Waals surface area contributed by atoms with Gasteiger partial charge in [0, 0.05) is 12.6 Å². The van der Waals surface area contributed by atoms with Crippen LogP contribution in [0.1, 0.15) is 32.6 Å². The molecule has 0 aliphatic heterocycles. The Balaban J connectivity index is 1.58. The third kappa shape index (κ3) is 4.34. The van der Waals surface area contributed by atoms with Crippen LogP contribution in [0.15, 0.2) is 97.1 Å². The van der Waals surface area contributed by atoms with Crippen molar-refractivity contribution in [1.29, 1.82) is 0 Å². The highest BCUT2D eigenvalue weighted by Gasteiger charge is 2.33. The third-order valence-corrected chi connectivity index (χ3v) is 6.75. The Morgan fingerprint density at radius 3 is 2.12 bits per heavy atom. The number of hydrogen-bond donors (Lipinski definition) is 0. The van der Waals surface area contributed by atoms with Crippen LogP contribution >= 0.6 is 0 Å². The van der Waals surface area contributed by atoms with E-state index in [9.17, 15) is 4.79 Å². The van der Waals surface area contributed by atoms with Gasteiger partial charge in [0.05, 0.1) is 12.7 Å². The summed E-state index contributed by atoms with van der Waals surface area (Å²) in [6, 6.07) is 33.0. The van der Waals surface area contributed by atoms with E-state index in [0.717, 1.165) is 29.5 Å². The highest BCUT2D eigenvalue weighted by Crippen LogP contribution is 2.35. The van der Waals surface area contributed by atoms with Crippen LogP contribution in [-0.2, 0) is 19.4 Å². The summed E-state index contributed by atoms with van der Waals surface area (Å²) >= 11 is 0. The van der Waals surface area contributed by atoms with E-state index in [1.165, 1.54) is 16.7 Å². The van der Waals surface area contributed by atoms with Gasteiger partial charge in [-0.2, -0.15) is 0 Å². The van der Waals surface area contributed by atoms with Crippen molar-refractivity contribution in [1.82, 2.24) is 4.90 Å². The van der Waals surface area contributed by atoms with Gasteiger partial charge in [0.2, 0.25) is 0 Å². The standard InChI is InChI=1S/C31H29NO2/c1-22-15-17-23(18-16-22)21-32(27-19-25-11-6-7-12-26(25)20-27)31(33)30-28(13-8-14-29(30)34-2)24-9-4-3-5-10-24/h3-18,27H,19-21H2,1-2H3. The second-order valence-corrected chi connectivity index (χ2v) is 9.00. The molecule has 0 atom stereocenters. The minimum absolute atomic E-state index is 0.00897. The van der Waals surface area contributed by atoms with Crippen molar-refractivity contribution < 1.29 is 9.53 Å². The number of amides is 1. The molecule has 0 saturated carbocycles. The Bertz CT molecular complexity index is 1270. The lowest BCUT2D eigenvalue weighted by molar-refractivity contribution is 0.0665. The molecule has 1 aliphatic carbocycles. The Hall–Kier alpha value is -3.85. The molecule has 0 N–H and O–H groups in total. The number of fused-ring (bicyclic) bond motifs is 1. The molecule has 0 heterocycles. The fourth-order valence-corrected chi connectivity index (χ4v) is 4.94. The van der Waals surface area contributed by atoms with Gasteiger partial charge in [-0.15, -0.1) is 0 Å². The van der Waals surface area contributed by atoms with Crippen molar-refractivity contribution in [3.63, 3.8) is 0 Å². The van der Waals surface area contributed by atoms with E-state index in [2.05, 4.69) is 60.4 Å². The quantitative estimate of drug-likeness (QED) is 0.339. The Morgan fingerprint density at radius 2 is 1.47 bits per heavy atom. The van der Waals surface area contributed by atoms with Gasteiger partial charge < -0.3 is 9.64 Å². The second kappa shape index (κ2) is 9.56. The van der Waals surface area contributed by atoms with Gasteiger partial charge in [-0.05, 0) is 53.6 Å². The van der Waals surface area contributed by atoms with Gasteiger partial charge in [-0.1, -0.05) is 96.6 Å². The zero-order valence-electron chi connectivity index (χ0n) is 19.7. The lowest BCUT2D eigenvalue weighted by atomic mass is 9.96. The van der Waals surface area contributed by atoms with Crippen LogP contribution in [0.25, 0.3) is 11.1 Å². The molecular weight excluding hydrogens is 418 g/mol. The molecule has 3 nitrogen and oxygen atoms in total. The predicted octanol–water partition coefficient (Wildman–Crippen LogP) is 6.48. The molecule has 34 heavy (non-hydrogen) atoms. The van der Waals surface area contributed by atoms with Crippen molar-refractivity contribution >= 4 is 5.91 Å². The number of nitrogens with zero attached hydrogens (tertiary/aromatic N) is 1. The topological polar surface area (TPSA) is 29.5 Å². The molecule has 0 saturated heterocycles. The van der Waals surface area contributed by atoms with Gasteiger partial charge in [0.1, 0.15) is 5.75 Å². The van der Waals surface area contributed by atoms with Gasteiger partial charge in [0.15, 0.2) is 0 Å². The summed E-state index contributed by atoms with van der Waals surface area (Å²) in [6.45, 7) is 2.64. The SMILES string of the molecule is COc1cccc(-c2ccccc2)c1C(=O)N(Cc1ccc(C)cc1)C1Cc2ccccc2C1. The molecule has 4 aromatic carbocycles.